The van der Waals surface area contributed by atoms with Crippen LogP contribution in [-0.4, -0.2) is 50.4 Å². The average molecular weight is 684 g/mol. The lowest BCUT2D eigenvalue weighted by atomic mass is 9.88. The molecule has 3 aromatic carbocycles. The third kappa shape index (κ3) is 5.57. The van der Waals surface area contributed by atoms with Crippen LogP contribution >= 0.6 is 11.6 Å². The van der Waals surface area contributed by atoms with Crippen LogP contribution in [0.4, 0.5) is 17.6 Å². The number of para-hydroxylation sites is 1. The number of hydrogen-bond acceptors (Lipinski definition) is 8. The maximum atomic E-state index is 15.3. The second-order valence-electron chi connectivity index (χ2n) is 12.5. The van der Waals surface area contributed by atoms with Gasteiger partial charge in [0, 0.05) is 30.2 Å². The number of piperidine rings is 1. The van der Waals surface area contributed by atoms with Crippen molar-refractivity contribution in [3.05, 3.63) is 88.0 Å². The summed E-state index contributed by atoms with van der Waals surface area (Å²) in [6, 6.07) is 13.0. The van der Waals surface area contributed by atoms with Crippen molar-refractivity contribution in [1.82, 2.24) is 24.6 Å². The first-order valence-corrected chi connectivity index (χ1v) is 16.1. The van der Waals surface area contributed by atoms with Gasteiger partial charge in [0.25, 0.3) is 11.7 Å². The number of rotatable bonds is 8. The van der Waals surface area contributed by atoms with E-state index in [1.165, 1.54) is 18.2 Å². The summed E-state index contributed by atoms with van der Waals surface area (Å²) in [6.45, 7) is 4.93. The molecule has 5 heterocycles. The molecule has 2 aromatic heterocycles. The Kier molecular flexibility index (Phi) is 7.80. The van der Waals surface area contributed by atoms with Crippen LogP contribution in [0, 0.1) is 11.6 Å². The predicted octanol–water partition coefficient (Wildman–Crippen LogP) is 7.77. The fraction of sp³-hybridized carbons (Fsp3) is 0.382. The fourth-order valence-electron chi connectivity index (χ4n) is 6.80. The number of nitrogens with zero attached hydrogens (tertiary/aromatic N) is 5. The molecule has 0 N–H and O–H groups in total. The summed E-state index contributed by atoms with van der Waals surface area (Å²) < 4.78 is 81.1. The number of aromatic nitrogens is 4. The minimum Gasteiger partial charge on any atom is -0.444 e. The van der Waals surface area contributed by atoms with Gasteiger partial charge in [-0.3, -0.25) is 4.90 Å². The van der Waals surface area contributed by atoms with Crippen molar-refractivity contribution < 1.29 is 36.3 Å². The summed E-state index contributed by atoms with van der Waals surface area (Å²) in [5.41, 5.74) is 2.29. The molecule has 0 spiro atoms. The monoisotopic (exact) mass is 683 g/mol. The highest BCUT2D eigenvalue weighted by molar-refractivity contribution is 6.30. The lowest BCUT2D eigenvalue weighted by Gasteiger charge is -2.33. The van der Waals surface area contributed by atoms with Crippen LogP contribution in [0.3, 0.4) is 0 Å². The van der Waals surface area contributed by atoms with Gasteiger partial charge in [0.2, 0.25) is 5.82 Å². The van der Waals surface area contributed by atoms with Gasteiger partial charge in [-0.15, -0.1) is 0 Å². The first kappa shape index (κ1) is 31.1. The van der Waals surface area contributed by atoms with Crippen LogP contribution in [0.5, 0.6) is 11.5 Å². The molecule has 0 amide bonds. The van der Waals surface area contributed by atoms with Gasteiger partial charge in [0.1, 0.15) is 17.5 Å². The normalized spacial score (nSPS) is 21.4. The summed E-state index contributed by atoms with van der Waals surface area (Å²) >= 11 is 5.97. The van der Waals surface area contributed by atoms with E-state index in [-0.39, 0.29) is 29.0 Å². The Hall–Kier alpha value is -4.20. The maximum absolute atomic E-state index is 15.3. The summed E-state index contributed by atoms with van der Waals surface area (Å²) in [6.07, 6.45) is -0.406. The van der Waals surface area contributed by atoms with Crippen molar-refractivity contribution in [1.29, 1.82) is 0 Å². The lowest BCUT2D eigenvalue weighted by molar-refractivity contribution is -0.0712. The fourth-order valence-corrected chi connectivity index (χ4v) is 6.95. The van der Waals surface area contributed by atoms with E-state index in [0.29, 0.717) is 47.3 Å². The van der Waals surface area contributed by atoms with Crippen LogP contribution in [0.15, 0.2) is 53.1 Å². The molecule has 0 aliphatic carbocycles. The first-order chi connectivity index (χ1) is 23.1. The Morgan fingerprint density at radius 1 is 1.00 bits per heavy atom. The van der Waals surface area contributed by atoms with Gasteiger partial charge < -0.3 is 23.3 Å². The molecular formula is C34H30ClF4N5O4. The second kappa shape index (κ2) is 12.0. The van der Waals surface area contributed by atoms with Crippen molar-refractivity contribution in [2.24, 2.45) is 0 Å². The van der Waals surface area contributed by atoms with Crippen LogP contribution < -0.4 is 9.47 Å². The zero-order valence-corrected chi connectivity index (χ0v) is 26.5. The van der Waals surface area contributed by atoms with Gasteiger partial charge in [0.05, 0.1) is 41.4 Å². The standard InChI is InChI=1S/C34H30ClF4N5O4/c1-34(23-6-5-19(35)13-25(23)37)46-28-4-2-3-21(30(28)47-34)18-7-10-43(11-8-18)17-29-40-26-14-22(32-41-33(31(38)39)48-42-32)24(36)15-27(26)44(29)16-20-9-12-45-20/h2-6,13-15,18,20,31H,7-12,16-17H2,1H3. The van der Waals surface area contributed by atoms with Gasteiger partial charge in [-0.05, 0) is 68.6 Å². The smallest absolute Gasteiger partial charge is 0.315 e. The quantitative estimate of drug-likeness (QED) is 0.153. The summed E-state index contributed by atoms with van der Waals surface area (Å²) in [7, 11) is 0. The minimum absolute atomic E-state index is 0.00476. The van der Waals surface area contributed by atoms with E-state index in [1.807, 2.05) is 22.8 Å². The molecule has 250 valence electrons. The third-order valence-electron chi connectivity index (χ3n) is 9.39. The summed E-state index contributed by atoms with van der Waals surface area (Å²) in [5, 5.41) is 3.84. The molecule has 2 unspecified atom stereocenters. The number of benzene rings is 3. The largest absolute Gasteiger partial charge is 0.444 e. The van der Waals surface area contributed by atoms with Crippen LogP contribution in [0.2, 0.25) is 5.02 Å². The van der Waals surface area contributed by atoms with Crippen LogP contribution in [0.25, 0.3) is 22.4 Å². The van der Waals surface area contributed by atoms with Crippen LogP contribution in [0.1, 0.15) is 61.4 Å². The molecular weight excluding hydrogens is 654 g/mol. The summed E-state index contributed by atoms with van der Waals surface area (Å²) in [4.78, 5) is 10.8. The number of imidazole rings is 1. The lowest BCUT2D eigenvalue weighted by Crippen LogP contribution is -2.35. The zero-order valence-electron chi connectivity index (χ0n) is 25.8. The molecule has 3 aliphatic rings. The molecule has 0 saturated carbocycles. The molecule has 2 fully saturated rings. The van der Waals surface area contributed by atoms with E-state index in [9.17, 15) is 13.2 Å². The van der Waals surface area contributed by atoms with E-state index < -0.39 is 29.7 Å². The third-order valence-corrected chi connectivity index (χ3v) is 9.62. The molecule has 0 radical (unpaired) electrons. The Labute approximate surface area is 277 Å². The van der Waals surface area contributed by atoms with Gasteiger partial charge in [0.15, 0.2) is 11.5 Å². The molecule has 3 aliphatic heterocycles. The maximum Gasteiger partial charge on any atom is 0.315 e. The SMILES string of the molecule is CC1(c2ccc(Cl)cc2F)Oc2cccc(C3CCN(Cc4nc5cc(-c6noc(C(F)F)n6)c(F)cc5n4CC4CCO4)CC3)c2O1. The van der Waals surface area contributed by atoms with Crippen molar-refractivity contribution in [3.63, 3.8) is 0 Å². The van der Waals surface area contributed by atoms with Crippen LogP contribution in [-0.2, 0) is 23.6 Å². The Morgan fingerprint density at radius 3 is 2.52 bits per heavy atom. The van der Waals surface area contributed by atoms with Crippen molar-refractivity contribution in [2.45, 2.75) is 63.5 Å². The first-order valence-electron chi connectivity index (χ1n) is 15.8. The molecule has 2 saturated heterocycles. The molecule has 5 aromatic rings. The highest BCUT2D eigenvalue weighted by Crippen LogP contribution is 2.50. The molecule has 9 nitrogen and oxygen atoms in total. The number of halogens is 5. The molecule has 8 rings (SSSR count). The topological polar surface area (TPSA) is 87.7 Å². The van der Waals surface area contributed by atoms with Crippen molar-refractivity contribution in [3.8, 4) is 22.9 Å². The number of hydrogen-bond donors (Lipinski definition) is 0. The Balaban J connectivity index is 1.01. The number of likely N-dealkylation sites (tertiary alicyclic amines) is 1. The van der Waals surface area contributed by atoms with Gasteiger partial charge >= 0.3 is 6.43 Å². The van der Waals surface area contributed by atoms with E-state index in [4.69, 9.17) is 30.8 Å². The highest BCUT2D eigenvalue weighted by Gasteiger charge is 2.43. The molecule has 0 bridgehead atoms. The average Bonchev–Trinajstić information content (AvgIpc) is 3.74. The number of ether oxygens (including phenoxy) is 3. The van der Waals surface area contributed by atoms with Crippen molar-refractivity contribution in [2.75, 3.05) is 19.7 Å². The zero-order chi connectivity index (χ0) is 33.2. The molecule has 48 heavy (non-hydrogen) atoms. The Bertz CT molecular complexity index is 2010. The highest BCUT2D eigenvalue weighted by atomic mass is 35.5. The van der Waals surface area contributed by atoms with E-state index in [2.05, 4.69) is 19.6 Å². The van der Waals surface area contributed by atoms with Gasteiger partial charge in [-0.25, -0.2) is 13.8 Å². The van der Waals surface area contributed by atoms with Gasteiger partial charge in [-0.2, -0.15) is 13.8 Å². The van der Waals surface area contributed by atoms with E-state index >= 15 is 4.39 Å². The molecule has 2 atom stereocenters. The van der Waals surface area contributed by atoms with E-state index in [1.54, 1.807) is 19.1 Å². The van der Waals surface area contributed by atoms with Crippen molar-refractivity contribution >= 4 is 22.6 Å². The Morgan fingerprint density at radius 2 is 1.81 bits per heavy atom. The second-order valence-corrected chi connectivity index (χ2v) is 12.9. The number of alkyl halides is 2. The number of fused-ring (bicyclic) bond motifs is 2. The minimum atomic E-state index is -2.96. The molecule has 14 heteroatoms. The summed E-state index contributed by atoms with van der Waals surface area (Å²) in [5.74, 6) is -1.51. The predicted molar refractivity (Wildman–Crippen MR) is 166 cm³/mol. The van der Waals surface area contributed by atoms with E-state index in [0.717, 1.165) is 43.7 Å². The van der Waals surface area contributed by atoms with Gasteiger partial charge in [-0.1, -0.05) is 28.9 Å².